The lowest BCUT2D eigenvalue weighted by atomic mass is 10.1. The van der Waals surface area contributed by atoms with Crippen LogP contribution < -0.4 is 10.6 Å². The second-order valence-electron chi connectivity index (χ2n) is 5.43. The largest absolute Gasteiger partial charge is 0.356 e. The van der Waals surface area contributed by atoms with E-state index in [1.54, 1.807) is 31.4 Å². The van der Waals surface area contributed by atoms with Crippen molar-refractivity contribution in [1.82, 2.24) is 15.6 Å². The number of benzene rings is 1. The van der Waals surface area contributed by atoms with E-state index in [0.717, 1.165) is 35.2 Å². The number of guanidine groups is 1. The van der Waals surface area contributed by atoms with Crippen molar-refractivity contribution in [1.29, 1.82) is 0 Å². The molecule has 2 aromatic rings. The molecule has 0 bridgehead atoms. The van der Waals surface area contributed by atoms with E-state index in [4.69, 9.17) is 0 Å². The number of nitrogens with one attached hydrogen (secondary N) is 2. The first-order chi connectivity index (χ1) is 11.0. The molecule has 0 unspecified atom stereocenters. The molecule has 0 aliphatic heterocycles. The van der Waals surface area contributed by atoms with Crippen molar-refractivity contribution >= 4 is 17.3 Å². The molecular formula is C17H23FN4S. The Morgan fingerprint density at radius 3 is 2.65 bits per heavy atom. The first-order valence-electron chi connectivity index (χ1n) is 7.62. The molecular weight excluding hydrogens is 311 g/mol. The number of aryl methyl sites for hydroxylation is 3. The van der Waals surface area contributed by atoms with Gasteiger partial charge in [-0.3, -0.25) is 4.99 Å². The van der Waals surface area contributed by atoms with Gasteiger partial charge in [0.25, 0.3) is 0 Å². The van der Waals surface area contributed by atoms with Crippen LogP contribution in [0.2, 0.25) is 0 Å². The maximum absolute atomic E-state index is 13.3. The third-order valence-electron chi connectivity index (χ3n) is 3.55. The number of aliphatic imine (C=N–C) groups is 1. The van der Waals surface area contributed by atoms with Crippen LogP contribution in [0.4, 0.5) is 4.39 Å². The second-order valence-corrected chi connectivity index (χ2v) is 6.72. The van der Waals surface area contributed by atoms with E-state index < -0.39 is 0 Å². The van der Waals surface area contributed by atoms with E-state index in [1.807, 2.05) is 19.9 Å². The van der Waals surface area contributed by atoms with E-state index in [0.29, 0.717) is 12.1 Å². The minimum atomic E-state index is -0.175. The quantitative estimate of drug-likeness (QED) is 0.652. The molecule has 1 aromatic carbocycles. The highest BCUT2D eigenvalue weighted by Crippen LogP contribution is 2.17. The molecule has 6 heteroatoms. The Labute approximate surface area is 140 Å². The number of hydrogen-bond acceptors (Lipinski definition) is 3. The average molecular weight is 334 g/mol. The van der Waals surface area contributed by atoms with Gasteiger partial charge in [-0.05, 0) is 38.0 Å². The fourth-order valence-corrected chi connectivity index (χ4v) is 3.26. The Balaban J connectivity index is 1.81. The van der Waals surface area contributed by atoms with Gasteiger partial charge in [-0.2, -0.15) is 0 Å². The zero-order chi connectivity index (χ0) is 16.8. The number of nitrogens with zero attached hydrogens (tertiary/aromatic N) is 2. The predicted molar refractivity (Wildman–Crippen MR) is 94.6 cm³/mol. The van der Waals surface area contributed by atoms with Crippen LogP contribution in [0, 0.1) is 26.6 Å². The zero-order valence-electron chi connectivity index (χ0n) is 14.0. The summed E-state index contributed by atoms with van der Waals surface area (Å²) in [4.78, 5) is 9.95. The zero-order valence-corrected chi connectivity index (χ0v) is 14.9. The van der Waals surface area contributed by atoms with Gasteiger partial charge in [0.2, 0.25) is 0 Å². The van der Waals surface area contributed by atoms with Gasteiger partial charge >= 0.3 is 0 Å². The molecule has 0 amide bonds. The fraction of sp³-hybridized carbons (Fsp3) is 0.412. The molecule has 0 atom stereocenters. The topological polar surface area (TPSA) is 49.3 Å². The van der Waals surface area contributed by atoms with Crippen molar-refractivity contribution in [2.45, 2.75) is 33.7 Å². The summed E-state index contributed by atoms with van der Waals surface area (Å²) in [5, 5.41) is 7.64. The van der Waals surface area contributed by atoms with Crippen LogP contribution >= 0.6 is 11.3 Å². The van der Waals surface area contributed by atoms with Gasteiger partial charge in [0, 0.05) is 31.4 Å². The van der Waals surface area contributed by atoms with Crippen LogP contribution in [-0.2, 0) is 13.0 Å². The Hall–Kier alpha value is -1.95. The summed E-state index contributed by atoms with van der Waals surface area (Å²) in [5.41, 5.74) is 2.79. The minimum absolute atomic E-state index is 0.175. The lowest BCUT2D eigenvalue weighted by Crippen LogP contribution is -2.37. The molecule has 0 spiro atoms. The molecule has 4 nitrogen and oxygen atoms in total. The van der Waals surface area contributed by atoms with Crippen LogP contribution in [0.5, 0.6) is 0 Å². The van der Waals surface area contributed by atoms with Crippen molar-refractivity contribution in [2.24, 2.45) is 4.99 Å². The fourth-order valence-electron chi connectivity index (χ4n) is 2.32. The van der Waals surface area contributed by atoms with Crippen molar-refractivity contribution < 1.29 is 4.39 Å². The van der Waals surface area contributed by atoms with Crippen molar-refractivity contribution in [3.63, 3.8) is 0 Å². The number of aromatic nitrogens is 1. The van der Waals surface area contributed by atoms with Gasteiger partial charge in [0.15, 0.2) is 5.96 Å². The van der Waals surface area contributed by atoms with E-state index in [1.165, 1.54) is 10.9 Å². The van der Waals surface area contributed by atoms with Crippen LogP contribution in [0.15, 0.2) is 23.2 Å². The SMILES string of the molecule is CN=C(NCCc1sc(C)nc1C)NCc1ccc(F)c(C)c1. The molecule has 2 rings (SSSR count). The molecule has 0 saturated carbocycles. The van der Waals surface area contributed by atoms with Gasteiger partial charge in [0.05, 0.1) is 10.7 Å². The molecule has 0 radical (unpaired) electrons. The minimum Gasteiger partial charge on any atom is -0.356 e. The number of halogens is 1. The highest BCUT2D eigenvalue weighted by atomic mass is 32.1. The Kier molecular flexibility index (Phi) is 6.10. The van der Waals surface area contributed by atoms with Crippen LogP contribution in [0.25, 0.3) is 0 Å². The Morgan fingerprint density at radius 2 is 2.04 bits per heavy atom. The summed E-state index contributed by atoms with van der Waals surface area (Å²) in [6.45, 7) is 7.25. The average Bonchev–Trinajstić information content (AvgIpc) is 2.84. The third-order valence-corrected chi connectivity index (χ3v) is 4.68. The second kappa shape index (κ2) is 8.06. The van der Waals surface area contributed by atoms with E-state index in [9.17, 15) is 4.39 Å². The maximum atomic E-state index is 13.3. The molecule has 2 N–H and O–H groups in total. The summed E-state index contributed by atoms with van der Waals surface area (Å²) in [5.74, 6) is 0.567. The lowest BCUT2D eigenvalue weighted by Gasteiger charge is -2.12. The number of rotatable bonds is 5. The number of hydrogen-bond donors (Lipinski definition) is 2. The Morgan fingerprint density at radius 1 is 1.26 bits per heavy atom. The van der Waals surface area contributed by atoms with Gasteiger partial charge in [0.1, 0.15) is 5.82 Å². The summed E-state index contributed by atoms with van der Waals surface area (Å²) >= 11 is 1.74. The van der Waals surface area contributed by atoms with Crippen LogP contribution in [-0.4, -0.2) is 24.5 Å². The predicted octanol–water partition coefficient (Wildman–Crippen LogP) is 3.12. The van der Waals surface area contributed by atoms with Crippen LogP contribution in [0.3, 0.4) is 0 Å². The van der Waals surface area contributed by atoms with Crippen molar-refractivity contribution in [3.8, 4) is 0 Å². The van der Waals surface area contributed by atoms with Crippen molar-refractivity contribution in [3.05, 3.63) is 50.7 Å². The van der Waals surface area contributed by atoms with E-state index in [-0.39, 0.29) is 5.82 Å². The Bertz CT molecular complexity index is 694. The van der Waals surface area contributed by atoms with Crippen LogP contribution in [0.1, 0.15) is 26.7 Å². The monoisotopic (exact) mass is 334 g/mol. The maximum Gasteiger partial charge on any atom is 0.191 e. The molecule has 0 aliphatic carbocycles. The summed E-state index contributed by atoms with van der Waals surface area (Å²) < 4.78 is 13.3. The van der Waals surface area contributed by atoms with Crippen molar-refractivity contribution in [2.75, 3.05) is 13.6 Å². The first-order valence-corrected chi connectivity index (χ1v) is 8.43. The molecule has 1 heterocycles. The lowest BCUT2D eigenvalue weighted by molar-refractivity contribution is 0.617. The molecule has 0 fully saturated rings. The summed E-state index contributed by atoms with van der Waals surface area (Å²) in [7, 11) is 1.74. The molecule has 124 valence electrons. The highest BCUT2D eigenvalue weighted by molar-refractivity contribution is 7.11. The van der Waals surface area contributed by atoms with Gasteiger partial charge in [-0.15, -0.1) is 11.3 Å². The smallest absolute Gasteiger partial charge is 0.191 e. The normalized spacial score (nSPS) is 11.6. The highest BCUT2D eigenvalue weighted by Gasteiger charge is 2.05. The molecule has 0 aliphatic rings. The summed E-state index contributed by atoms with van der Waals surface area (Å²) in [6.07, 6.45) is 0.924. The standard InChI is InChI=1S/C17H23FN4S/c1-11-9-14(5-6-15(11)18)10-21-17(19-4)20-8-7-16-12(2)22-13(3)23-16/h5-6,9H,7-8,10H2,1-4H3,(H2,19,20,21). The first kappa shape index (κ1) is 17.4. The van der Waals surface area contributed by atoms with E-state index in [2.05, 4.69) is 20.6 Å². The molecule has 1 aromatic heterocycles. The third kappa shape index (κ3) is 5.03. The molecule has 23 heavy (non-hydrogen) atoms. The van der Waals surface area contributed by atoms with Gasteiger partial charge in [-0.25, -0.2) is 9.37 Å². The van der Waals surface area contributed by atoms with Gasteiger partial charge < -0.3 is 10.6 Å². The van der Waals surface area contributed by atoms with E-state index >= 15 is 0 Å². The molecule has 0 saturated heterocycles. The summed E-state index contributed by atoms with van der Waals surface area (Å²) in [6, 6.07) is 5.13. The van der Waals surface area contributed by atoms with Gasteiger partial charge in [-0.1, -0.05) is 12.1 Å². The number of thiazole rings is 1.